The van der Waals surface area contributed by atoms with Crippen molar-refractivity contribution in [2.45, 2.75) is 65.7 Å². The van der Waals surface area contributed by atoms with E-state index in [0.717, 1.165) is 31.9 Å². The van der Waals surface area contributed by atoms with Crippen LogP contribution in [0.5, 0.6) is 0 Å². The van der Waals surface area contributed by atoms with Crippen molar-refractivity contribution in [1.29, 1.82) is 0 Å². The molecule has 0 aromatic rings. The van der Waals surface area contributed by atoms with E-state index in [1.165, 1.54) is 19.3 Å². The number of rotatable bonds is 4. The standard InChI is InChI=1S/C21H34O3S/c1-6-19(2)12-7-9-17-16(19)10-11-18-20(3,15-24-25(5,22)23)13-8-14-21(17,18)4/h6,9,16,18H,1,7-8,10-15H2,2-5H3/t16-,18-,19+,20+,21+/m1/s1. The third-order valence-corrected chi connectivity index (χ3v) is 8.29. The molecule has 3 aliphatic carbocycles. The number of fused-ring (bicyclic) bond motifs is 3. The second kappa shape index (κ2) is 6.23. The Hall–Kier alpha value is -0.610. The molecular weight excluding hydrogens is 332 g/mol. The molecule has 5 atom stereocenters. The molecule has 2 fully saturated rings. The predicted molar refractivity (Wildman–Crippen MR) is 103 cm³/mol. The summed E-state index contributed by atoms with van der Waals surface area (Å²) in [6.07, 6.45) is 13.9. The molecule has 25 heavy (non-hydrogen) atoms. The Morgan fingerprint density at radius 1 is 1.24 bits per heavy atom. The number of hydrogen-bond acceptors (Lipinski definition) is 3. The van der Waals surface area contributed by atoms with E-state index in [2.05, 4.69) is 39.5 Å². The molecule has 3 nitrogen and oxygen atoms in total. The van der Waals surface area contributed by atoms with E-state index in [0.29, 0.717) is 18.4 Å². The lowest BCUT2D eigenvalue weighted by atomic mass is 9.44. The fourth-order valence-electron chi connectivity index (χ4n) is 6.31. The minimum atomic E-state index is -3.39. The summed E-state index contributed by atoms with van der Waals surface area (Å²) in [5, 5.41) is 0. The summed E-state index contributed by atoms with van der Waals surface area (Å²) < 4.78 is 28.4. The topological polar surface area (TPSA) is 43.4 Å². The van der Waals surface area contributed by atoms with E-state index in [1.54, 1.807) is 5.57 Å². The molecular formula is C21H34O3S. The van der Waals surface area contributed by atoms with Crippen LogP contribution in [0.25, 0.3) is 0 Å². The van der Waals surface area contributed by atoms with E-state index in [9.17, 15) is 8.42 Å². The van der Waals surface area contributed by atoms with Gasteiger partial charge in [0.1, 0.15) is 0 Å². The molecule has 4 heteroatoms. The Morgan fingerprint density at radius 3 is 2.60 bits per heavy atom. The minimum absolute atomic E-state index is 0.0656. The highest BCUT2D eigenvalue weighted by atomic mass is 32.2. The highest BCUT2D eigenvalue weighted by Gasteiger charge is 2.56. The third-order valence-electron chi connectivity index (χ3n) is 7.75. The molecule has 2 saturated carbocycles. The summed E-state index contributed by atoms with van der Waals surface area (Å²) in [5.41, 5.74) is 1.93. The Labute approximate surface area is 154 Å². The van der Waals surface area contributed by atoms with Crippen molar-refractivity contribution in [3.8, 4) is 0 Å². The van der Waals surface area contributed by atoms with Gasteiger partial charge in [0.15, 0.2) is 0 Å². The van der Waals surface area contributed by atoms with Crippen LogP contribution in [0.15, 0.2) is 24.3 Å². The van der Waals surface area contributed by atoms with Crippen LogP contribution in [0.1, 0.15) is 65.7 Å². The molecule has 0 N–H and O–H groups in total. The zero-order valence-corrected chi connectivity index (χ0v) is 17.1. The van der Waals surface area contributed by atoms with Gasteiger partial charge in [-0.1, -0.05) is 44.9 Å². The van der Waals surface area contributed by atoms with Crippen LogP contribution >= 0.6 is 0 Å². The summed E-state index contributed by atoms with van der Waals surface area (Å²) in [5.74, 6) is 1.09. The normalized spacial score (nSPS) is 44.4. The smallest absolute Gasteiger partial charge is 0.264 e. The van der Waals surface area contributed by atoms with Gasteiger partial charge >= 0.3 is 0 Å². The van der Waals surface area contributed by atoms with Gasteiger partial charge in [0, 0.05) is 0 Å². The van der Waals surface area contributed by atoms with Gasteiger partial charge in [-0.3, -0.25) is 4.18 Å². The molecule has 0 aromatic carbocycles. The lowest BCUT2D eigenvalue weighted by molar-refractivity contribution is -0.0554. The fraction of sp³-hybridized carbons (Fsp3) is 0.810. The molecule has 0 radical (unpaired) electrons. The summed E-state index contributed by atoms with van der Waals surface area (Å²) >= 11 is 0. The Morgan fingerprint density at radius 2 is 1.96 bits per heavy atom. The van der Waals surface area contributed by atoms with E-state index >= 15 is 0 Å². The van der Waals surface area contributed by atoms with Crippen LogP contribution in [0.4, 0.5) is 0 Å². The molecule has 3 aliphatic rings. The van der Waals surface area contributed by atoms with Gasteiger partial charge < -0.3 is 0 Å². The van der Waals surface area contributed by atoms with Crippen LogP contribution in [-0.2, 0) is 14.3 Å². The maximum atomic E-state index is 11.6. The van der Waals surface area contributed by atoms with Crippen molar-refractivity contribution in [1.82, 2.24) is 0 Å². The first-order chi connectivity index (χ1) is 11.5. The molecule has 0 aromatic heterocycles. The van der Waals surface area contributed by atoms with Crippen molar-refractivity contribution >= 4 is 10.1 Å². The SMILES string of the molecule is C=C[C@@]1(C)CCC=C2[C@H]1CC[C@@H]1[C@](C)(COS(C)(=O)=O)CCC[C@@]21C. The Bertz CT molecular complexity index is 679. The maximum absolute atomic E-state index is 11.6. The summed E-state index contributed by atoms with van der Waals surface area (Å²) in [6, 6.07) is 0. The Balaban J connectivity index is 1.93. The van der Waals surface area contributed by atoms with Gasteiger partial charge in [0.05, 0.1) is 12.9 Å². The van der Waals surface area contributed by atoms with Gasteiger partial charge in [0.2, 0.25) is 0 Å². The summed E-state index contributed by atoms with van der Waals surface area (Å²) in [7, 11) is -3.39. The second-order valence-electron chi connectivity index (χ2n) is 9.48. The average molecular weight is 367 g/mol. The van der Waals surface area contributed by atoms with Crippen LogP contribution in [0, 0.1) is 28.1 Å². The van der Waals surface area contributed by atoms with Crippen LogP contribution in [0.3, 0.4) is 0 Å². The van der Waals surface area contributed by atoms with E-state index in [4.69, 9.17) is 4.18 Å². The summed E-state index contributed by atoms with van der Waals surface area (Å²) in [6.45, 7) is 11.5. The van der Waals surface area contributed by atoms with Crippen molar-refractivity contribution in [3.63, 3.8) is 0 Å². The van der Waals surface area contributed by atoms with Crippen molar-refractivity contribution in [2.75, 3.05) is 12.9 Å². The number of hydrogen-bond donors (Lipinski definition) is 0. The molecule has 0 aliphatic heterocycles. The predicted octanol–water partition coefficient (Wildman–Crippen LogP) is 5.10. The average Bonchev–Trinajstić information content (AvgIpc) is 2.53. The zero-order valence-electron chi connectivity index (χ0n) is 16.3. The van der Waals surface area contributed by atoms with Crippen molar-refractivity contribution < 1.29 is 12.6 Å². The minimum Gasteiger partial charge on any atom is -0.270 e. The van der Waals surface area contributed by atoms with Crippen molar-refractivity contribution in [3.05, 3.63) is 24.3 Å². The largest absolute Gasteiger partial charge is 0.270 e. The fourth-order valence-corrected chi connectivity index (χ4v) is 6.79. The van der Waals surface area contributed by atoms with Gasteiger partial charge in [-0.15, -0.1) is 6.58 Å². The van der Waals surface area contributed by atoms with Crippen LogP contribution in [0.2, 0.25) is 0 Å². The maximum Gasteiger partial charge on any atom is 0.264 e. The molecule has 142 valence electrons. The van der Waals surface area contributed by atoms with Gasteiger partial charge in [-0.05, 0) is 66.6 Å². The van der Waals surface area contributed by atoms with E-state index < -0.39 is 10.1 Å². The summed E-state index contributed by atoms with van der Waals surface area (Å²) in [4.78, 5) is 0. The lowest BCUT2D eigenvalue weighted by Crippen LogP contribution is -2.53. The molecule has 0 unspecified atom stereocenters. The van der Waals surface area contributed by atoms with Gasteiger partial charge in [-0.25, -0.2) is 0 Å². The van der Waals surface area contributed by atoms with E-state index in [-0.39, 0.29) is 16.2 Å². The van der Waals surface area contributed by atoms with Crippen LogP contribution < -0.4 is 0 Å². The number of allylic oxidation sites excluding steroid dienone is 3. The quantitative estimate of drug-likeness (QED) is 0.514. The first kappa shape index (κ1) is 19.2. The second-order valence-corrected chi connectivity index (χ2v) is 11.1. The van der Waals surface area contributed by atoms with E-state index in [1.807, 2.05) is 0 Å². The highest BCUT2D eigenvalue weighted by molar-refractivity contribution is 7.85. The molecule has 3 rings (SSSR count). The Kier molecular flexibility index (Phi) is 4.77. The zero-order chi connectivity index (χ0) is 18.5. The monoisotopic (exact) mass is 366 g/mol. The van der Waals surface area contributed by atoms with Gasteiger partial charge in [0.25, 0.3) is 10.1 Å². The van der Waals surface area contributed by atoms with Gasteiger partial charge in [-0.2, -0.15) is 8.42 Å². The molecule has 0 bridgehead atoms. The molecule has 0 spiro atoms. The molecule has 0 amide bonds. The van der Waals surface area contributed by atoms with Crippen molar-refractivity contribution in [2.24, 2.45) is 28.1 Å². The molecule has 0 heterocycles. The highest BCUT2D eigenvalue weighted by Crippen LogP contribution is 2.65. The first-order valence-electron chi connectivity index (χ1n) is 9.73. The third kappa shape index (κ3) is 3.25. The lowest BCUT2D eigenvalue weighted by Gasteiger charge is -2.60. The van der Waals surface area contributed by atoms with Crippen LogP contribution in [-0.4, -0.2) is 21.3 Å². The molecule has 0 saturated heterocycles. The first-order valence-corrected chi connectivity index (χ1v) is 11.5.